The van der Waals surface area contributed by atoms with Crippen LogP contribution in [0.4, 0.5) is 0 Å². The van der Waals surface area contributed by atoms with E-state index in [9.17, 15) is 5.11 Å². The minimum Gasteiger partial charge on any atom is -0.489 e. The van der Waals surface area contributed by atoms with Crippen LogP contribution in [0.2, 0.25) is 0 Å². The van der Waals surface area contributed by atoms with E-state index >= 15 is 0 Å². The molecule has 0 heterocycles. The molecule has 2 N–H and O–H groups in total. The Bertz CT molecular complexity index is 508. The van der Waals surface area contributed by atoms with E-state index in [2.05, 4.69) is 0 Å². The molecule has 3 nitrogen and oxygen atoms in total. The number of ether oxygens (including phenoxy) is 1. The zero-order valence-electron chi connectivity index (χ0n) is 12.1. The molecule has 0 aromatic heterocycles. The molecule has 21 heavy (non-hydrogen) atoms. The van der Waals surface area contributed by atoms with Crippen molar-refractivity contribution in [3.8, 4) is 5.75 Å². The Hall–Kier alpha value is -1.84. The molecule has 2 aromatic carbocycles. The number of aliphatic hydroxyl groups excluding tert-OH is 2. The van der Waals surface area contributed by atoms with Gasteiger partial charge in [0.1, 0.15) is 12.4 Å². The van der Waals surface area contributed by atoms with Crippen LogP contribution in [-0.4, -0.2) is 22.9 Å². The third-order valence-corrected chi connectivity index (χ3v) is 3.39. The molecule has 0 saturated carbocycles. The van der Waals surface area contributed by atoms with Gasteiger partial charge >= 0.3 is 0 Å². The molecule has 0 amide bonds. The SMILES string of the molecule is OCC(O)CCCc1ccc(OCc2ccccc2)cc1. The van der Waals surface area contributed by atoms with Gasteiger partial charge < -0.3 is 14.9 Å². The van der Waals surface area contributed by atoms with E-state index in [1.54, 1.807) is 0 Å². The van der Waals surface area contributed by atoms with Gasteiger partial charge in [0.15, 0.2) is 0 Å². The summed E-state index contributed by atoms with van der Waals surface area (Å²) in [5, 5.41) is 18.0. The minimum absolute atomic E-state index is 0.160. The fourth-order valence-electron chi connectivity index (χ4n) is 2.13. The van der Waals surface area contributed by atoms with Crippen molar-refractivity contribution < 1.29 is 14.9 Å². The molecular weight excluding hydrogens is 264 g/mol. The standard InChI is InChI=1S/C18H22O3/c19-13-17(20)8-4-7-15-9-11-18(12-10-15)21-14-16-5-2-1-3-6-16/h1-3,5-6,9-12,17,19-20H,4,7-8,13-14H2. The van der Waals surface area contributed by atoms with Gasteiger partial charge in [0.05, 0.1) is 12.7 Å². The summed E-state index contributed by atoms with van der Waals surface area (Å²) in [4.78, 5) is 0. The number of benzene rings is 2. The predicted molar refractivity (Wildman–Crippen MR) is 83.2 cm³/mol. The van der Waals surface area contributed by atoms with Crippen molar-refractivity contribution in [1.29, 1.82) is 0 Å². The van der Waals surface area contributed by atoms with E-state index in [1.807, 2.05) is 54.6 Å². The van der Waals surface area contributed by atoms with E-state index in [0.29, 0.717) is 13.0 Å². The second-order valence-corrected chi connectivity index (χ2v) is 5.15. The first-order valence-corrected chi connectivity index (χ1v) is 7.32. The molecule has 0 saturated heterocycles. The summed E-state index contributed by atoms with van der Waals surface area (Å²) in [6.45, 7) is 0.412. The second-order valence-electron chi connectivity index (χ2n) is 5.15. The van der Waals surface area contributed by atoms with E-state index in [1.165, 1.54) is 5.56 Å². The van der Waals surface area contributed by atoms with E-state index in [-0.39, 0.29) is 6.61 Å². The largest absolute Gasteiger partial charge is 0.489 e. The third kappa shape index (κ3) is 5.58. The van der Waals surface area contributed by atoms with E-state index in [4.69, 9.17) is 9.84 Å². The Morgan fingerprint density at radius 2 is 1.62 bits per heavy atom. The van der Waals surface area contributed by atoms with Crippen LogP contribution >= 0.6 is 0 Å². The molecule has 0 radical (unpaired) electrons. The van der Waals surface area contributed by atoms with Gasteiger partial charge in [0.2, 0.25) is 0 Å². The molecule has 3 heteroatoms. The lowest BCUT2D eigenvalue weighted by molar-refractivity contribution is 0.0867. The number of rotatable bonds is 8. The minimum atomic E-state index is -0.599. The van der Waals surface area contributed by atoms with Crippen molar-refractivity contribution in [3.05, 3.63) is 65.7 Å². The maximum atomic E-state index is 9.29. The number of hydrogen-bond acceptors (Lipinski definition) is 3. The number of hydrogen-bond donors (Lipinski definition) is 2. The Balaban J connectivity index is 1.76. The van der Waals surface area contributed by atoms with Crippen molar-refractivity contribution in [1.82, 2.24) is 0 Å². The van der Waals surface area contributed by atoms with E-state index < -0.39 is 6.10 Å². The maximum Gasteiger partial charge on any atom is 0.119 e. The highest BCUT2D eigenvalue weighted by molar-refractivity contribution is 5.27. The molecule has 0 bridgehead atoms. The molecular formula is C18H22O3. The summed E-state index contributed by atoms with van der Waals surface area (Å²) in [5.41, 5.74) is 2.37. The van der Waals surface area contributed by atoms with Gasteiger partial charge in [-0.2, -0.15) is 0 Å². The molecule has 1 unspecified atom stereocenters. The molecule has 0 fully saturated rings. The van der Waals surface area contributed by atoms with Crippen LogP contribution < -0.4 is 4.74 Å². The summed E-state index contributed by atoms with van der Waals surface area (Å²) >= 11 is 0. The monoisotopic (exact) mass is 286 g/mol. The zero-order valence-corrected chi connectivity index (χ0v) is 12.1. The summed E-state index contributed by atoms with van der Waals surface area (Å²) in [6.07, 6.45) is 1.79. The van der Waals surface area contributed by atoms with Gasteiger partial charge in [-0.3, -0.25) is 0 Å². The summed E-state index contributed by atoms with van der Waals surface area (Å²) in [6, 6.07) is 18.1. The Labute approximate surface area is 125 Å². The molecule has 2 aromatic rings. The van der Waals surface area contributed by atoms with Gasteiger partial charge in [0, 0.05) is 0 Å². The third-order valence-electron chi connectivity index (χ3n) is 3.39. The lowest BCUT2D eigenvalue weighted by atomic mass is 10.1. The smallest absolute Gasteiger partial charge is 0.119 e. The highest BCUT2D eigenvalue weighted by Gasteiger charge is 2.02. The molecule has 1 atom stereocenters. The first-order valence-electron chi connectivity index (χ1n) is 7.32. The Kier molecular flexibility index (Phi) is 6.25. The second kappa shape index (κ2) is 8.45. The Morgan fingerprint density at radius 3 is 2.29 bits per heavy atom. The predicted octanol–water partition coefficient (Wildman–Crippen LogP) is 2.94. The number of aryl methyl sites for hydroxylation is 1. The van der Waals surface area contributed by atoms with Crippen molar-refractivity contribution in [2.45, 2.75) is 32.0 Å². The van der Waals surface area contributed by atoms with Crippen LogP contribution in [-0.2, 0) is 13.0 Å². The van der Waals surface area contributed by atoms with Gasteiger partial charge in [0.25, 0.3) is 0 Å². The van der Waals surface area contributed by atoms with Gasteiger partial charge in [-0.1, -0.05) is 42.5 Å². The average Bonchev–Trinajstić information content (AvgIpc) is 2.55. The first kappa shape index (κ1) is 15.5. The normalized spacial score (nSPS) is 12.1. The molecule has 2 rings (SSSR count). The van der Waals surface area contributed by atoms with Crippen molar-refractivity contribution in [2.75, 3.05) is 6.61 Å². The van der Waals surface area contributed by atoms with Gasteiger partial charge in [-0.05, 0) is 42.5 Å². The molecule has 0 aliphatic rings. The fraction of sp³-hybridized carbons (Fsp3) is 0.333. The average molecular weight is 286 g/mol. The van der Waals surface area contributed by atoms with Crippen molar-refractivity contribution in [3.63, 3.8) is 0 Å². The van der Waals surface area contributed by atoms with Crippen molar-refractivity contribution in [2.24, 2.45) is 0 Å². The summed E-state index contributed by atoms with van der Waals surface area (Å²) < 4.78 is 5.73. The van der Waals surface area contributed by atoms with Crippen LogP contribution in [0.5, 0.6) is 5.75 Å². The summed E-state index contributed by atoms with van der Waals surface area (Å²) in [5.74, 6) is 0.859. The maximum absolute atomic E-state index is 9.29. The molecule has 0 spiro atoms. The quantitative estimate of drug-likeness (QED) is 0.784. The molecule has 0 aliphatic heterocycles. The van der Waals surface area contributed by atoms with Gasteiger partial charge in [-0.15, -0.1) is 0 Å². The topological polar surface area (TPSA) is 49.7 Å². The van der Waals surface area contributed by atoms with Crippen LogP contribution in [0.25, 0.3) is 0 Å². The fourth-order valence-corrected chi connectivity index (χ4v) is 2.13. The van der Waals surface area contributed by atoms with Crippen LogP contribution in [0, 0.1) is 0 Å². The van der Waals surface area contributed by atoms with Crippen LogP contribution in [0.3, 0.4) is 0 Å². The lowest BCUT2D eigenvalue weighted by Crippen LogP contribution is -2.11. The van der Waals surface area contributed by atoms with Crippen molar-refractivity contribution >= 4 is 0 Å². The van der Waals surface area contributed by atoms with Gasteiger partial charge in [-0.25, -0.2) is 0 Å². The van der Waals surface area contributed by atoms with E-state index in [0.717, 1.165) is 24.2 Å². The van der Waals surface area contributed by atoms with Crippen LogP contribution in [0.1, 0.15) is 24.0 Å². The molecule has 112 valence electrons. The van der Waals surface area contributed by atoms with Crippen LogP contribution in [0.15, 0.2) is 54.6 Å². The zero-order chi connectivity index (χ0) is 14.9. The number of aliphatic hydroxyl groups is 2. The highest BCUT2D eigenvalue weighted by Crippen LogP contribution is 2.16. The molecule has 0 aliphatic carbocycles. The first-order chi connectivity index (χ1) is 10.3. The highest BCUT2D eigenvalue weighted by atomic mass is 16.5. The Morgan fingerprint density at radius 1 is 0.905 bits per heavy atom. The lowest BCUT2D eigenvalue weighted by Gasteiger charge is -2.08. The summed E-state index contributed by atoms with van der Waals surface area (Å²) in [7, 11) is 0.